The smallest absolute Gasteiger partial charge is 0.240 e. The van der Waals surface area contributed by atoms with Crippen LogP contribution in [0.25, 0.3) is 0 Å². The zero-order valence-electron chi connectivity index (χ0n) is 16.5. The summed E-state index contributed by atoms with van der Waals surface area (Å²) >= 11 is 0. The van der Waals surface area contributed by atoms with Gasteiger partial charge in [-0.2, -0.15) is 0 Å². The average Bonchev–Trinajstić information content (AvgIpc) is 2.74. The number of benzene rings is 2. The van der Waals surface area contributed by atoms with Crippen LogP contribution in [0.1, 0.15) is 19.8 Å². The Morgan fingerprint density at radius 3 is 2.00 bits per heavy atom. The molecule has 1 aliphatic rings. The lowest BCUT2D eigenvalue weighted by Gasteiger charge is -2.33. The predicted molar refractivity (Wildman–Crippen MR) is 113 cm³/mol. The van der Waals surface area contributed by atoms with E-state index in [4.69, 9.17) is 4.74 Å². The fraction of sp³-hybridized carbons (Fsp3) is 0.400. The van der Waals surface area contributed by atoms with E-state index in [2.05, 4.69) is 9.62 Å². The molecule has 0 saturated carbocycles. The van der Waals surface area contributed by atoms with Crippen LogP contribution in [0.4, 0.5) is 5.69 Å². The lowest BCUT2D eigenvalue weighted by molar-refractivity contribution is 0.414. The van der Waals surface area contributed by atoms with E-state index in [-0.39, 0.29) is 21.6 Å². The van der Waals surface area contributed by atoms with Crippen molar-refractivity contribution in [3.63, 3.8) is 0 Å². The van der Waals surface area contributed by atoms with E-state index in [9.17, 15) is 16.8 Å². The van der Waals surface area contributed by atoms with Crippen molar-refractivity contribution in [2.45, 2.75) is 35.6 Å². The van der Waals surface area contributed by atoms with Crippen molar-refractivity contribution in [2.75, 3.05) is 30.9 Å². The molecule has 29 heavy (non-hydrogen) atoms. The van der Waals surface area contributed by atoms with Gasteiger partial charge in [0.15, 0.2) is 9.84 Å². The second-order valence-corrected chi connectivity index (χ2v) is 10.9. The summed E-state index contributed by atoms with van der Waals surface area (Å²) in [5.74, 6) is 0.776. The summed E-state index contributed by atoms with van der Waals surface area (Å²) in [6.45, 7) is 3.04. The lowest BCUT2D eigenvalue weighted by atomic mass is 10.1. The van der Waals surface area contributed by atoms with E-state index in [1.54, 1.807) is 14.0 Å². The standard InChI is InChI=1S/C20H26N2O5S2/c1-3-28(23,24)19-8-10-20(11-9-19)29(25,26)21-16-12-14-22(15-13-16)17-4-6-18(27-2)7-5-17/h4-11,16,21H,3,12-15H2,1-2H3. The van der Waals surface area contributed by atoms with Gasteiger partial charge in [0.1, 0.15) is 5.75 Å². The Bertz CT molecular complexity index is 1030. The van der Waals surface area contributed by atoms with Crippen molar-refractivity contribution < 1.29 is 21.6 Å². The molecule has 0 bridgehead atoms. The molecule has 158 valence electrons. The molecule has 0 aliphatic carbocycles. The first-order chi connectivity index (χ1) is 13.7. The molecule has 1 N–H and O–H groups in total. The van der Waals surface area contributed by atoms with E-state index in [1.807, 2.05) is 24.3 Å². The SMILES string of the molecule is CCS(=O)(=O)c1ccc(S(=O)(=O)NC2CCN(c3ccc(OC)cc3)CC2)cc1. The Morgan fingerprint density at radius 1 is 0.931 bits per heavy atom. The summed E-state index contributed by atoms with van der Waals surface area (Å²) in [5.41, 5.74) is 1.08. The van der Waals surface area contributed by atoms with E-state index >= 15 is 0 Å². The van der Waals surface area contributed by atoms with Crippen molar-refractivity contribution in [1.29, 1.82) is 0 Å². The highest BCUT2D eigenvalue weighted by atomic mass is 32.2. The van der Waals surface area contributed by atoms with Crippen LogP contribution < -0.4 is 14.4 Å². The summed E-state index contributed by atoms with van der Waals surface area (Å²) in [6.07, 6.45) is 1.38. The zero-order valence-corrected chi connectivity index (χ0v) is 18.2. The molecule has 2 aromatic rings. The fourth-order valence-electron chi connectivity index (χ4n) is 3.33. The van der Waals surface area contributed by atoms with Gasteiger partial charge in [-0.3, -0.25) is 0 Å². The third kappa shape index (κ3) is 5.09. The number of nitrogens with one attached hydrogen (secondary N) is 1. The third-order valence-corrected chi connectivity index (χ3v) is 8.41. The molecule has 0 aromatic heterocycles. The molecule has 0 atom stereocenters. The van der Waals surface area contributed by atoms with Gasteiger partial charge in [-0.1, -0.05) is 6.92 Å². The van der Waals surface area contributed by atoms with E-state index < -0.39 is 19.9 Å². The van der Waals surface area contributed by atoms with Gasteiger partial charge < -0.3 is 9.64 Å². The van der Waals surface area contributed by atoms with Crippen LogP contribution in [0.3, 0.4) is 0 Å². The van der Waals surface area contributed by atoms with Crippen molar-refractivity contribution in [3.8, 4) is 5.75 Å². The summed E-state index contributed by atoms with van der Waals surface area (Å²) in [6, 6.07) is 13.0. The lowest BCUT2D eigenvalue weighted by Crippen LogP contribution is -2.44. The Kier molecular flexibility index (Phi) is 6.50. The largest absolute Gasteiger partial charge is 0.497 e. The summed E-state index contributed by atoms with van der Waals surface area (Å²) in [5, 5.41) is 0. The highest BCUT2D eigenvalue weighted by Crippen LogP contribution is 2.24. The Morgan fingerprint density at radius 2 is 1.48 bits per heavy atom. The van der Waals surface area contributed by atoms with Crippen LogP contribution in [0, 0.1) is 0 Å². The molecule has 1 heterocycles. The molecule has 9 heteroatoms. The van der Waals surface area contributed by atoms with Crippen molar-refractivity contribution >= 4 is 25.5 Å². The van der Waals surface area contributed by atoms with Gasteiger partial charge >= 0.3 is 0 Å². The summed E-state index contributed by atoms with van der Waals surface area (Å²) in [4.78, 5) is 2.42. The number of nitrogens with zero attached hydrogens (tertiary/aromatic N) is 1. The molecule has 3 rings (SSSR count). The van der Waals surface area contributed by atoms with Gasteiger partial charge in [0.25, 0.3) is 0 Å². The first-order valence-corrected chi connectivity index (χ1v) is 12.6. The average molecular weight is 439 g/mol. The maximum atomic E-state index is 12.7. The maximum Gasteiger partial charge on any atom is 0.240 e. The normalized spacial score (nSPS) is 16.0. The van der Waals surface area contributed by atoms with Crippen LogP contribution in [0.15, 0.2) is 58.3 Å². The third-order valence-electron chi connectivity index (χ3n) is 5.13. The Labute approximate surface area is 172 Å². The second kappa shape index (κ2) is 8.73. The predicted octanol–water partition coefficient (Wildman–Crippen LogP) is 2.44. The van der Waals surface area contributed by atoms with E-state index in [0.717, 1.165) is 24.5 Å². The van der Waals surface area contributed by atoms with Crippen LogP contribution in [0.5, 0.6) is 5.75 Å². The van der Waals surface area contributed by atoms with Crippen molar-refractivity contribution in [3.05, 3.63) is 48.5 Å². The molecule has 0 spiro atoms. The molecule has 0 amide bonds. The molecule has 1 fully saturated rings. The van der Waals surface area contributed by atoms with E-state index in [1.165, 1.54) is 24.3 Å². The number of sulfonamides is 1. The van der Waals surface area contributed by atoms with Crippen LogP contribution in [-0.4, -0.2) is 48.8 Å². The molecule has 0 radical (unpaired) electrons. The van der Waals surface area contributed by atoms with Crippen molar-refractivity contribution in [1.82, 2.24) is 4.72 Å². The molecule has 1 saturated heterocycles. The van der Waals surface area contributed by atoms with Gasteiger partial charge in [0, 0.05) is 24.8 Å². The second-order valence-electron chi connectivity index (χ2n) is 6.96. The number of ether oxygens (including phenoxy) is 1. The van der Waals surface area contributed by atoms with Gasteiger partial charge in [-0.05, 0) is 61.4 Å². The van der Waals surface area contributed by atoms with Crippen molar-refractivity contribution in [2.24, 2.45) is 0 Å². The minimum atomic E-state index is -3.70. The minimum absolute atomic E-state index is 0.0237. The van der Waals surface area contributed by atoms with Gasteiger partial charge in [-0.25, -0.2) is 21.6 Å². The number of rotatable bonds is 7. The Balaban J connectivity index is 1.61. The van der Waals surface area contributed by atoms with Gasteiger partial charge in [0.2, 0.25) is 10.0 Å². The number of hydrogen-bond donors (Lipinski definition) is 1. The molecule has 2 aromatic carbocycles. The van der Waals surface area contributed by atoms with E-state index in [0.29, 0.717) is 12.8 Å². The fourth-order valence-corrected chi connectivity index (χ4v) is 5.52. The quantitative estimate of drug-likeness (QED) is 0.714. The molecule has 0 unspecified atom stereocenters. The van der Waals surface area contributed by atoms with Crippen LogP contribution >= 0.6 is 0 Å². The Hall–Kier alpha value is -2.10. The number of methoxy groups -OCH3 is 1. The minimum Gasteiger partial charge on any atom is -0.497 e. The highest BCUT2D eigenvalue weighted by molar-refractivity contribution is 7.91. The first kappa shape index (κ1) is 21.6. The summed E-state index contributed by atoms with van der Waals surface area (Å²) < 4.78 is 57.0. The molecular weight excluding hydrogens is 412 g/mol. The number of piperidine rings is 1. The highest BCUT2D eigenvalue weighted by Gasteiger charge is 2.25. The first-order valence-electron chi connectivity index (χ1n) is 9.49. The maximum absolute atomic E-state index is 12.7. The number of anilines is 1. The van der Waals surface area contributed by atoms with Crippen LogP contribution in [-0.2, 0) is 19.9 Å². The van der Waals surface area contributed by atoms with Gasteiger partial charge in [0.05, 0.1) is 22.7 Å². The topological polar surface area (TPSA) is 92.8 Å². The number of hydrogen-bond acceptors (Lipinski definition) is 6. The molecule has 7 nitrogen and oxygen atoms in total. The molecule has 1 aliphatic heterocycles. The van der Waals surface area contributed by atoms with Crippen LogP contribution in [0.2, 0.25) is 0 Å². The summed E-state index contributed by atoms with van der Waals surface area (Å²) in [7, 11) is -5.43. The monoisotopic (exact) mass is 438 g/mol. The molecular formula is C20H26N2O5S2. The van der Waals surface area contributed by atoms with Gasteiger partial charge in [-0.15, -0.1) is 0 Å². The zero-order chi connectivity index (χ0) is 21.1. The number of sulfone groups is 1.